The van der Waals surface area contributed by atoms with Gasteiger partial charge in [0.2, 0.25) is 0 Å². The van der Waals surface area contributed by atoms with E-state index in [1.54, 1.807) is 34.0 Å². The third-order valence-corrected chi connectivity index (χ3v) is 16.5. The van der Waals surface area contributed by atoms with Crippen LogP contribution in [0.2, 0.25) is 0 Å². The molecule has 4 aromatic carbocycles. The minimum Gasteiger partial charge on any atom is -0.491 e. The molecule has 15 heteroatoms. The van der Waals surface area contributed by atoms with Gasteiger partial charge in [0.15, 0.2) is 11.6 Å². The fourth-order valence-corrected chi connectivity index (χ4v) is 13.1. The highest BCUT2D eigenvalue weighted by atomic mass is 32.1. The minimum absolute atomic E-state index is 0.0628. The van der Waals surface area contributed by atoms with Gasteiger partial charge in [0.05, 0.1) is 91.1 Å². The predicted octanol–water partition coefficient (Wildman–Crippen LogP) is 10.3. The van der Waals surface area contributed by atoms with Crippen LogP contribution in [-0.2, 0) is 28.4 Å². The van der Waals surface area contributed by atoms with Crippen LogP contribution in [0.25, 0.3) is 19.5 Å². The molecule has 366 valence electrons. The summed E-state index contributed by atoms with van der Waals surface area (Å²) in [4.78, 5) is 35.3. The van der Waals surface area contributed by atoms with Gasteiger partial charge in [0, 0.05) is 73.8 Å². The molecule has 0 saturated carbocycles. The first-order valence-electron chi connectivity index (χ1n) is 24.0. The van der Waals surface area contributed by atoms with Gasteiger partial charge in [-0.05, 0) is 60.7 Å². The number of ether oxygens (including phenoxy) is 10. The average molecular weight is 1010 g/mol. The summed E-state index contributed by atoms with van der Waals surface area (Å²) in [7, 11) is 0. The molecule has 0 fully saturated rings. The summed E-state index contributed by atoms with van der Waals surface area (Å²) >= 11 is 5.14. The zero-order valence-electron chi connectivity index (χ0n) is 39.0. The van der Waals surface area contributed by atoms with Crippen molar-refractivity contribution in [1.29, 1.82) is 0 Å². The van der Waals surface area contributed by atoms with Crippen LogP contribution in [0, 0.1) is 0 Å². The van der Waals surface area contributed by atoms with Gasteiger partial charge in [-0.2, -0.15) is 0 Å². The number of carbonyl (C=O) groups is 2. The molecule has 11 rings (SSSR count). The number of hydrogen-bond donors (Lipinski definition) is 0. The Morgan fingerprint density at radius 3 is 0.845 bits per heavy atom. The Morgan fingerprint density at radius 2 is 0.549 bits per heavy atom. The molecule has 5 heterocycles. The molecule has 0 radical (unpaired) electrons. The van der Waals surface area contributed by atoms with Crippen LogP contribution >= 0.6 is 34.0 Å². The Labute approximate surface area is 423 Å². The molecule has 2 aliphatic carbocycles. The molecule has 0 unspecified atom stereocenters. The van der Waals surface area contributed by atoms with E-state index in [0.717, 1.165) is 51.5 Å². The number of carbonyl (C=O) groups excluding carboxylic acids is 2. The molecule has 0 N–H and O–H groups in total. The largest absolute Gasteiger partial charge is 0.491 e. The van der Waals surface area contributed by atoms with Gasteiger partial charge in [-0.25, -0.2) is 0 Å². The van der Waals surface area contributed by atoms with E-state index < -0.39 is 0 Å². The normalized spacial score (nSPS) is 17.9. The highest BCUT2D eigenvalue weighted by Crippen LogP contribution is 2.54. The van der Waals surface area contributed by atoms with Gasteiger partial charge in [-0.1, -0.05) is 48.5 Å². The molecule has 0 spiro atoms. The van der Waals surface area contributed by atoms with E-state index in [-0.39, 0.29) is 23.4 Å². The van der Waals surface area contributed by atoms with E-state index in [1.807, 2.05) is 72.8 Å². The van der Waals surface area contributed by atoms with Gasteiger partial charge < -0.3 is 47.4 Å². The first-order chi connectivity index (χ1) is 35.1. The molecule has 0 saturated heterocycles. The monoisotopic (exact) mass is 1010 g/mol. The molecule has 12 nitrogen and oxygen atoms in total. The summed E-state index contributed by atoms with van der Waals surface area (Å²) in [6, 6.07) is 35.9. The predicted molar refractivity (Wildman–Crippen MR) is 272 cm³/mol. The van der Waals surface area contributed by atoms with Crippen LogP contribution in [0.5, 0.6) is 23.0 Å². The molecule has 3 aromatic heterocycles. The lowest BCUT2D eigenvalue weighted by Crippen LogP contribution is -2.23. The third-order valence-electron chi connectivity index (χ3n) is 12.7. The molecule has 2 aliphatic heterocycles. The molecule has 4 aliphatic rings. The SMILES string of the molecule is O=C1c2cccc3c2C(c2ccc(-c4ccc(-c5ccc(C6c7c8cccc7C(=O)c7cccc(c76)OCCOCCOCCOCCO8)s5)s4)s2)c2c(cccc21)OCCOCCOCCOCCO3. The lowest BCUT2D eigenvalue weighted by Gasteiger charge is -2.30. The Kier molecular flexibility index (Phi) is 15.0. The standard InChI is InChI=1S/C56H52O12S3/c57-55-35-5-1-9-39-49(35)53(50-36(55)6-2-10-40(50)66-32-28-62-24-20-59-19-23-61-27-31-65-39)47-17-15-45(70-47)43-13-14-44(69-43)46-16-18-48(71-46)54-51-37-7-3-11-41(51)67-33-29-63-25-21-60-22-26-64-30-34-68-42-12-4-8-38(52(42)54)56(37)58/h1-18,53-54H,19-34H2. The van der Waals surface area contributed by atoms with E-state index in [4.69, 9.17) is 47.4 Å². The molecule has 4 bridgehead atoms. The first-order valence-corrected chi connectivity index (χ1v) is 26.5. The second kappa shape index (κ2) is 22.4. The zero-order chi connectivity index (χ0) is 47.9. The van der Waals surface area contributed by atoms with Crippen molar-refractivity contribution < 1.29 is 57.0 Å². The van der Waals surface area contributed by atoms with E-state index in [2.05, 4.69) is 36.4 Å². The quantitative estimate of drug-likeness (QED) is 0.167. The fourth-order valence-electron chi connectivity index (χ4n) is 9.62. The maximum atomic E-state index is 14.4. The topological polar surface area (TPSA) is 126 Å². The molecule has 0 atom stereocenters. The second-order valence-corrected chi connectivity index (χ2v) is 20.3. The van der Waals surface area contributed by atoms with Crippen LogP contribution < -0.4 is 18.9 Å². The van der Waals surface area contributed by atoms with Crippen molar-refractivity contribution in [3.8, 4) is 42.5 Å². The van der Waals surface area contributed by atoms with Gasteiger partial charge in [-0.3, -0.25) is 9.59 Å². The summed E-state index contributed by atoms with van der Waals surface area (Å²) in [5.74, 6) is 1.76. The summed E-state index contributed by atoms with van der Waals surface area (Å²) in [5, 5.41) is 0. The third kappa shape index (κ3) is 10.1. The summed E-state index contributed by atoms with van der Waals surface area (Å²) < 4.78 is 60.4. The van der Waals surface area contributed by atoms with E-state index in [0.29, 0.717) is 151 Å². The average Bonchev–Trinajstić information content (AvgIpc) is 4.20. The van der Waals surface area contributed by atoms with Crippen LogP contribution in [0.1, 0.15) is 75.7 Å². The van der Waals surface area contributed by atoms with Gasteiger partial charge in [0.1, 0.15) is 49.4 Å². The first kappa shape index (κ1) is 47.6. The fraction of sp³-hybridized carbons (Fsp3) is 0.321. The van der Waals surface area contributed by atoms with Crippen molar-refractivity contribution in [2.45, 2.75) is 11.8 Å². The van der Waals surface area contributed by atoms with Crippen molar-refractivity contribution in [3.05, 3.63) is 163 Å². The summed E-state index contributed by atoms with van der Waals surface area (Å²) in [5.41, 5.74) is 5.72. The molecular weight excluding hydrogens is 961 g/mol. The van der Waals surface area contributed by atoms with Crippen molar-refractivity contribution in [3.63, 3.8) is 0 Å². The van der Waals surface area contributed by atoms with E-state index in [1.165, 1.54) is 0 Å². The number of hydrogen-bond acceptors (Lipinski definition) is 15. The molecule has 7 aromatic rings. The van der Waals surface area contributed by atoms with Crippen LogP contribution in [0.4, 0.5) is 0 Å². The Bertz CT molecular complexity index is 2670. The van der Waals surface area contributed by atoms with E-state index in [9.17, 15) is 9.59 Å². The highest BCUT2D eigenvalue weighted by Gasteiger charge is 2.40. The number of rotatable bonds is 4. The maximum Gasteiger partial charge on any atom is 0.193 e. The minimum atomic E-state index is -0.339. The molecular formula is C56H52O12S3. The van der Waals surface area contributed by atoms with E-state index >= 15 is 0 Å². The van der Waals surface area contributed by atoms with Crippen molar-refractivity contribution >= 4 is 45.6 Å². The summed E-state index contributed by atoms with van der Waals surface area (Å²) in [6.45, 7) is 6.33. The van der Waals surface area contributed by atoms with Crippen LogP contribution in [-0.4, -0.2) is 117 Å². The second-order valence-electron chi connectivity index (χ2n) is 17.0. The number of benzene rings is 4. The number of thiophene rings is 3. The van der Waals surface area contributed by atoms with Crippen molar-refractivity contribution in [1.82, 2.24) is 0 Å². The van der Waals surface area contributed by atoms with Crippen LogP contribution in [0.3, 0.4) is 0 Å². The van der Waals surface area contributed by atoms with Gasteiger partial charge in [0.25, 0.3) is 0 Å². The Balaban J connectivity index is 0.931. The van der Waals surface area contributed by atoms with Gasteiger partial charge >= 0.3 is 0 Å². The molecule has 0 amide bonds. The zero-order valence-corrected chi connectivity index (χ0v) is 41.4. The van der Waals surface area contributed by atoms with Crippen molar-refractivity contribution in [2.75, 3.05) is 106 Å². The van der Waals surface area contributed by atoms with Gasteiger partial charge in [-0.15, -0.1) is 34.0 Å². The molecule has 71 heavy (non-hydrogen) atoms. The smallest absolute Gasteiger partial charge is 0.193 e. The number of ketones is 2. The van der Waals surface area contributed by atoms with Crippen molar-refractivity contribution in [2.24, 2.45) is 0 Å². The maximum absolute atomic E-state index is 14.4. The Hall–Kier alpha value is -5.72. The highest BCUT2D eigenvalue weighted by molar-refractivity contribution is 7.26. The lowest BCUT2D eigenvalue weighted by atomic mass is 9.75. The summed E-state index contributed by atoms with van der Waals surface area (Å²) in [6.07, 6.45) is 0. The lowest BCUT2D eigenvalue weighted by molar-refractivity contribution is 0.00477. The van der Waals surface area contributed by atoms with Crippen LogP contribution in [0.15, 0.2) is 109 Å². The Morgan fingerprint density at radius 1 is 0.296 bits per heavy atom.